The number of benzene rings is 1. The van der Waals surface area contributed by atoms with Crippen molar-refractivity contribution >= 4 is 29.1 Å². The molecule has 2 amide bonds. The number of nitrogens with one attached hydrogen (secondary N) is 2. The first kappa shape index (κ1) is 19.9. The molecule has 0 spiro atoms. The summed E-state index contributed by atoms with van der Waals surface area (Å²) in [7, 11) is 2.86. The molecule has 9 heteroatoms. The lowest BCUT2D eigenvalue weighted by Gasteiger charge is -2.26. The number of carbonyl (C=O) groups excluding carboxylic acids is 3. The van der Waals surface area contributed by atoms with Gasteiger partial charge in [0.2, 0.25) is 0 Å². The summed E-state index contributed by atoms with van der Waals surface area (Å²) < 4.78 is 9.91. The monoisotopic (exact) mass is 425 g/mol. The van der Waals surface area contributed by atoms with Crippen LogP contribution in [0.25, 0.3) is 0 Å². The van der Waals surface area contributed by atoms with E-state index in [1.807, 2.05) is 6.07 Å². The molecule has 0 radical (unpaired) electrons. The Kier molecular flexibility index (Phi) is 5.20. The van der Waals surface area contributed by atoms with Crippen molar-refractivity contribution in [2.24, 2.45) is 0 Å². The molecular weight excluding hydrogens is 406 g/mol. The third-order valence-electron chi connectivity index (χ3n) is 5.04. The third-order valence-corrected chi connectivity index (χ3v) is 6.02. The minimum atomic E-state index is -1.24. The van der Waals surface area contributed by atoms with Gasteiger partial charge in [-0.05, 0) is 29.8 Å². The minimum Gasteiger partial charge on any atom is -0.497 e. The van der Waals surface area contributed by atoms with E-state index in [4.69, 9.17) is 9.47 Å². The van der Waals surface area contributed by atoms with E-state index in [1.54, 1.807) is 36.3 Å². The predicted octanol–water partition coefficient (Wildman–Crippen LogP) is 0.966. The molecule has 2 aliphatic rings. The summed E-state index contributed by atoms with van der Waals surface area (Å²) in [5, 5.41) is 5.81. The van der Waals surface area contributed by atoms with Crippen molar-refractivity contribution in [3.05, 3.63) is 51.2 Å². The van der Waals surface area contributed by atoms with Crippen molar-refractivity contribution < 1.29 is 23.9 Å². The number of methoxy groups -OCH3 is 2. The van der Waals surface area contributed by atoms with Gasteiger partial charge >= 0.3 is 5.97 Å². The summed E-state index contributed by atoms with van der Waals surface area (Å²) in [6.45, 7) is 0.743. The largest absolute Gasteiger partial charge is 0.497 e. The van der Waals surface area contributed by atoms with Gasteiger partial charge < -0.3 is 19.7 Å². The molecule has 1 aromatic heterocycles. The Balaban J connectivity index is 1.59. The van der Waals surface area contributed by atoms with Crippen LogP contribution in [-0.2, 0) is 16.1 Å². The lowest BCUT2D eigenvalue weighted by molar-refractivity contribution is -0.122. The average Bonchev–Trinajstić information content (AvgIpc) is 3.45. The number of fused-ring (bicyclic) bond motifs is 1. The lowest BCUT2D eigenvalue weighted by atomic mass is 9.99. The van der Waals surface area contributed by atoms with Crippen LogP contribution >= 0.6 is 11.3 Å². The summed E-state index contributed by atoms with van der Waals surface area (Å²) >= 11 is 1.18. The van der Waals surface area contributed by atoms with Gasteiger partial charge in [0.1, 0.15) is 10.6 Å². The summed E-state index contributed by atoms with van der Waals surface area (Å²) in [6.07, 6.45) is 0. The van der Waals surface area contributed by atoms with Crippen LogP contribution in [-0.4, -0.2) is 55.7 Å². The second-order valence-corrected chi connectivity index (χ2v) is 7.94. The molecule has 2 aromatic rings. The van der Waals surface area contributed by atoms with Crippen LogP contribution in [0.1, 0.15) is 30.5 Å². The second kappa shape index (κ2) is 7.82. The van der Waals surface area contributed by atoms with Crippen LogP contribution in [0.4, 0.5) is 0 Å². The third kappa shape index (κ3) is 3.51. The number of hydrogen-bond acceptors (Lipinski definition) is 7. The highest BCUT2D eigenvalue weighted by atomic mass is 32.1. The zero-order valence-electron chi connectivity index (χ0n) is 16.4. The molecule has 1 saturated heterocycles. The molecule has 0 bridgehead atoms. The SMILES string of the molecule is COC(=O)c1ccc(C#C[C@@]2(CN3Cc4ccc(OC)cc4C3=O)NCNC2=O)s1. The van der Waals surface area contributed by atoms with Crippen LogP contribution in [0.3, 0.4) is 0 Å². The average molecular weight is 425 g/mol. The van der Waals surface area contributed by atoms with Crippen molar-refractivity contribution in [1.82, 2.24) is 15.5 Å². The van der Waals surface area contributed by atoms with Gasteiger partial charge in [0.25, 0.3) is 11.8 Å². The van der Waals surface area contributed by atoms with E-state index < -0.39 is 11.5 Å². The van der Waals surface area contributed by atoms with Crippen LogP contribution in [0, 0.1) is 11.8 Å². The summed E-state index contributed by atoms with van der Waals surface area (Å²) in [4.78, 5) is 39.8. The normalized spacial score (nSPS) is 19.7. The first-order valence-corrected chi connectivity index (χ1v) is 9.98. The van der Waals surface area contributed by atoms with Gasteiger partial charge in [-0.1, -0.05) is 17.9 Å². The quantitative estimate of drug-likeness (QED) is 0.560. The molecule has 0 unspecified atom stereocenters. The zero-order valence-corrected chi connectivity index (χ0v) is 17.2. The Labute approximate surface area is 177 Å². The van der Waals surface area contributed by atoms with Gasteiger partial charge in [0.05, 0.1) is 32.3 Å². The Bertz CT molecular complexity index is 1100. The zero-order chi connectivity index (χ0) is 21.3. The van der Waals surface area contributed by atoms with Crippen molar-refractivity contribution in [3.63, 3.8) is 0 Å². The van der Waals surface area contributed by atoms with Crippen molar-refractivity contribution in [2.75, 3.05) is 27.4 Å². The number of carbonyl (C=O) groups is 3. The van der Waals surface area contributed by atoms with Crippen molar-refractivity contribution in [3.8, 4) is 17.6 Å². The number of rotatable bonds is 4. The van der Waals surface area contributed by atoms with E-state index in [9.17, 15) is 14.4 Å². The molecule has 0 saturated carbocycles. The molecule has 1 atom stereocenters. The van der Waals surface area contributed by atoms with Gasteiger partial charge in [-0.15, -0.1) is 11.3 Å². The maximum atomic E-state index is 12.9. The van der Waals surface area contributed by atoms with Crippen molar-refractivity contribution in [1.29, 1.82) is 0 Å². The van der Waals surface area contributed by atoms with Crippen LogP contribution < -0.4 is 15.4 Å². The molecule has 0 aliphatic carbocycles. The summed E-state index contributed by atoms with van der Waals surface area (Å²) in [5.74, 6) is 5.67. The Morgan fingerprint density at radius 1 is 1.27 bits per heavy atom. The molecule has 1 fully saturated rings. The Hall–Kier alpha value is -3.35. The first-order chi connectivity index (χ1) is 14.5. The molecule has 154 valence electrons. The maximum absolute atomic E-state index is 12.9. The lowest BCUT2D eigenvalue weighted by Crippen LogP contribution is -2.54. The fourth-order valence-electron chi connectivity index (χ4n) is 3.44. The highest BCUT2D eigenvalue weighted by molar-refractivity contribution is 7.14. The number of esters is 1. The molecule has 1 aromatic carbocycles. The molecule has 8 nitrogen and oxygen atoms in total. The van der Waals surface area contributed by atoms with E-state index in [0.717, 1.165) is 5.56 Å². The predicted molar refractivity (Wildman–Crippen MR) is 109 cm³/mol. The van der Waals surface area contributed by atoms with Gasteiger partial charge in [-0.2, -0.15) is 0 Å². The summed E-state index contributed by atoms with van der Waals surface area (Å²) in [6, 6.07) is 8.70. The maximum Gasteiger partial charge on any atom is 0.348 e. The highest BCUT2D eigenvalue weighted by Gasteiger charge is 2.45. The molecule has 30 heavy (non-hydrogen) atoms. The second-order valence-electron chi connectivity index (χ2n) is 6.85. The van der Waals surface area contributed by atoms with E-state index in [1.165, 1.54) is 18.4 Å². The Morgan fingerprint density at radius 2 is 2.10 bits per heavy atom. The van der Waals surface area contributed by atoms with Gasteiger partial charge in [-0.3, -0.25) is 14.9 Å². The molecule has 2 aliphatic heterocycles. The highest BCUT2D eigenvalue weighted by Crippen LogP contribution is 2.28. The molecule has 3 heterocycles. The van der Waals surface area contributed by atoms with Gasteiger partial charge in [-0.25, -0.2) is 4.79 Å². The first-order valence-electron chi connectivity index (χ1n) is 9.16. The molecule has 4 rings (SSSR count). The topological polar surface area (TPSA) is 97.0 Å². The summed E-state index contributed by atoms with van der Waals surface area (Å²) in [5.41, 5.74) is 0.206. The number of ether oxygens (including phenoxy) is 2. The Morgan fingerprint density at radius 3 is 2.80 bits per heavy atom. The van der Waals surface area contributed by atoms with Crippen LogP contribution in [0.15, 0.2) is 30.3 Å². The van der Waals surface area contributed by atoms with E-state index in [-0.39, 0.29) is 25.0 Å². The fraction of sp³-hybridized carbons (Fsp3) is 0.286. The number of hydrogen-bond donors (Lipinski definition) is 2. The van der Waals surface area contributed by atoms with Crippen molar-refractivity contribution in [2.45, 2.75) is 12.1 Å². The van der Waals surface area contributed by atoms with E-state index in [0.29, 0.717) is 27.6 Å². The van der Waals surface area contributed by atoms with Gasteiger partial charge in [0, 0.05) is 12.1 Å². The fourth-order valence-corrected chi connectivity index (χ4v) is 4.22. The van der Waals surface area contributed by atoms with E-state index in [2.05, 4.69) is 22.5 Å². The number of nitrogens with zero attached hydrogens (tertiary/aromatic N) is 1. The van der Waals surface area contributed by atoms with Crippen LogP contribution in [0.2, 0.25) is 0 Å². The molecule has 2 N–H and O–H groups in total. The minimum absolute atomic E-state index is 0.0941. The van der Waals surface area contributed by atoms with Crippen LogP contribution in [0.5, 0.6) is 5.75 Å². The number of thiophene rings is 1. The van der Waals surface area contributed by atoms with E-state index >= 15 is 0 Å². The van der Waals surface area contributed by atoms with Gasteiger partial charge in [0.15, 0.2) is 5.54 Å². The molecular formula is C21H19N3O5S. The standard InChI is InChI=1S/C21H19N3O5S/c1-28-14-4-3-13-10-24(18(25)16(13)9-14)11-21(20(27)22-12-23-21)8-7-15-5-6-17(30-15)19(26)29-2/h3-6,9,23H,10-12H2,1-2H3,(H,22,27)/t21-/m0/s1. The smallest absolute Gasteiger partial charge is 0.348 e. The number of amides is 2.